The third-order valence-electron chi connectivity index (χ3n) is 6.83. The highest BCUT2D eigenvalue weighted by Crippen LogP contribution is 2.43. The lowest BCUT2D eigenvalue weighted by Gasteiger charge is -2.43. The van der Waals surface area contributed by atoms with Gasteiger partial charge in [0.05, 0.1) is 6.61 Å². The van der Waals surface area contributed by atoms with Crippen LogP contribution in [-0.2, 0) is 16.1 Å². The van der Waals surface area contributed by atoms with Gasteiger partial charge in [0.25, 0.3) is 5.91 Å². The molecule has 7 nitrogen and oxygen atoms in total. The van der Waals surface area contributed by atoms with Crippen LogP contribution in [0.15, 0.2) is 42.5 Å². The van der Waals surface area contributed by atoms with E-state index in [-0.39, 0.29) is 31.8 Å². The maximum Gasteiger partial charge on any atom is 0.256 e. The number of benzene rings is 2. The van der Waals surface area contributed by atoms with Crippen LogP contribution in [0.4, 0.5) is 4.39 Å². The van der Waals surface area contributed by atoms with Gasteiger partial charge in [-0.05, 0) is 73.6 Å². The van der Waals surface area contributed by atoms with E-state index in [1.807, 2.05) is 18.2 Å². The molecule has 2 aliphatic heterocycles. The first-order chi connectivity index (χ1) is 15.9. The quantitative estimate of drug-likeness (QED) is 0.764. The number of ether oxygens (including phenoxy) is 3. The molecule has 1 spiro atoms. The van der Waals surface area contributed by atoms with E-state index in [2.05, 4.69) is 12.2 Å². The van der Waals surface area contributed by atoms with Crippen LogP contribution in [0.25, 0.3) is 0 Å². The third-order valence-corrected chi connectivity index (χ3v) is 6.83. The second-order valence-electron chi connectivity index (χ2n) is 9.04. The zero-order chi connectivity index (χ0) is 23.0. The average Bonchev–Trinajstić information content (AvgIpc) is 3.44. The molecule has 0 radical (unpaired) electrons. The standard InChI is InChI=1S/C25H27FN2O5/c1-16-8-10-25(11-9-16)28(24(30)18-3-5-19(26)6-4-18)20(14-33-25)23(29)27-13-17-2-7-21-22(12-17)32-15-31-21/h2-7,12,16,20H,8-11,13-15H2,1H3,(H,27,29)/t16?,20-,25?/m0/s1. The van der Waals surface area contributed by atoms with Crippen LogP contribution in [0.3, 0.4) is 0 Å². The van der Waals surface area contributed by atoms with Crippen LogP contribution < -0.4 is 14.8 Å². The number of hydrogen-bond acceptors (Lipinski definition) is 5. The van der Waals surface area contributed by atoms with Gasteiger partial charge < -0.3 is 19.5 Å². The highest BCUT2D eigenvalue weighted by Gasteiger charge is 2.53. The van der Waals surface area contributed by atoms with Crippen molar-refractivity contribution in [3.63, 3.8) is 0 Å². The number of nitrogens with zero attached hydrogens (tertiary/aromatic N) is 1. The maximum absolute atomic E-state index is 13.5. The van der Waals surface area contributed by atoms with Crippen molar-refractivity contribution in [1.29, 1.82) is 0 Å². The van der Waals surface area contributed by atoms with E-state index in [0.29, 0.717) is 35.8 Å². The summed E-state index contributed by atoms with van der Waals surface area (Å²) < 4.78 is 30.4. The molecule has 0 aromatic heterocycles. The van der Waals surface area contributed by atoms with Crippen molar-refractivity contribution in [2.75, 3.05) is 13.4 Å². The van der Waals surface area contributed by atoms with E-state index >= 15 is 0 Å². The molecule has 2 aromatic rings. The zero-order valence-corrected chi connectivity index (χ0v) is 18.5. The number of carbonyl (C=O) groups is 2. The molecule has 3 aliphatic rings. The monoisotopic (exact) mass is 454 g/mol. The number of fused-ring (bicyclic) bond motifs is 1. The number of nitrogens with one attached hydrogen (secondary N) is 1. The summed E-state index contributed by atoms with van der Waals surface area (Å²) >= 11 is 0. The lowest BCUT2D eigenvalue weighted by Crippen LogP contribution is -2.56. The average molecular weight is 454 g/mol. The van der Waals surface area contributed by atoms with E-state index in [4.69, 9.17) is 14.2 Å². The Kier molecular flexibility index (Phi) is 5.70. The Balaban J connectivity index is 1.36. The van der Waals surface area contributed by atoms with Crippen LogP contribution in [0.5, 0.6) is 11.5 Å². The summed E-state index contributed by atoms with van der Waals surface area (Å²) in [6.45, 7) is 2.79. The van der Waals surface area contributed by atoms with Gasteiger partial charge in [0, 0.05) is 12.1 Å². The fourth-order valence-corrected chi connectivity index (χ4v) is 4.87. The van der Waals surface area contributed by atoms with Gasteiger partial charge in [-0.2, -0.15) is 0 Å². The summed E-state index contributed by atoms with van der Waals surface area (Å²) in [4.78, 5) is 28.4. The summed E-state index contributed by atoms with van der Waals surface area (Å²) in [5.74, 6) is 0.862. The van der Waals surface area contributed by atoms with Crippen LogP contribution in [-0.4, -0.2) is 41.9 Å². The topological polar surface area (TPSA) is 77.1 Å². The largest absolute Gasteiger partial charge is 0.454 e. The Morgan fingerprint density at radius 3 is 2.58 bits per heavy atom. The van der Waals surface area contributed by atoms with Gasteiger partial charge in [-0.25, -0.2) is 4.39 Å². The molecule has 0 unspecified atom stereocenters. The van der Waals surface area contributed by atoms with E-state index in [0.717, 1.165) is 18.4 Å². The molecule has 1 atom stereocenters. The minimum atomic E-state index is -0.807. The molecule has 174 valence electrons. The fraction of sp³-hybridized carbons (Fsp3) is 0.440. The van der Waals surface area contributed by atoms with Crippen LogP contribution in [0.2, 0.25) is 0 Å². The Morgan fingerprint density at radius 2 is 1.82 bits per heavy atom. The van der Waals surface area contributed by atoms with Crippen molar-refractivity contribution in [2.45, 2.75) is 50.9 Å². The SMILES string of the molecule is CC1CCC2(CC1)OC[C@@H](C(=O)NCc1ccc3c(c1)OCO3)N2C(=O)c1ccc(F)cc1. The predicted octanol–water partition coefficient (Wildman–Crippen LogP) is 3.62. The van der Waals surface area contributed by atoms with Gasteiger partial charge >= 0.3 is 0 Å². The van der Waals surface area contributed by atoms with Crippen molar-refractivity contribution < 1.29 is 28.2 Å². The van der Waals surface area contributed by atoms with Gasteiger partial charge in [0.2, 0.25) is 12.7 Å². The number of carbonyl (C=O) groups excluding carboxylic acids is 2. The lowest BCUT2D eigenvalue weighted by molar-refractivity contribution is -0.128. The van der Waals surface area contributed by atoms with Crippen LogP contribution >= 0.6 is 0 Å². The summed E-state index contributed by atoms with van der Waals surface area (Å²) in [6, 6.07) is 10.2. The summed E-state index contributed by atoms with van der Waals surface area (Å²) in [5, 5.41) is 2.94. The molecule has 0 bridgehead atoms. The van der Waals surface area contributed by atoms with Crippen molar-refractivity contribution in [1.82, 2.24) is 10.2 Å². The first kappa shape index (κ1) is 21.7. The molecule has 1 saturated carbocycles. The molecule has 5 rings (SSSR count). The van der Waals surface area contributed by atoms with Gasteiger partial charge in [0.15, 0.2) is 11.5 Å². The van der Waals surface area contributed by atoms with Crippen molar-refractivity contribution in [3.05, 3.63) is 59.4 Å². The fourth-order valence-electron chi connectivity index (χ4n) is 4.87. The molecule has 2 amide bonds. The molecular formula is C25H27FN2O5. The highest BCUT2D eigenvalue weighted by molar-refractivity contribution is 5.98. The maximum atomic E-state index is 13.5. The minimum Gasteiger partial charge on any atom is -0.454 e. The number of hydrogen-bond donors (Lipinski definition) is 1. The Labute approximate surface area is 191 Å². The summed E-state index contributed by atoms with van der Waals surface area (Å²) in [5.41, 5.74) is 0.399. The molecule has 2 fully saturated rings. The molecule has 8 heteroatoms. The van der Waals surface area contributed by atoms with E-state index in [1.165, 1.54) is 24.3 Å². The molecule has 1 saturated heterocycles. The molecule has 1 aliphatic carbocycles. The smallest absolute Gasteiger partial charge is 0.256 e. The van der Waals surface area contributed by atoms with Gasteiger partial charge in [-0.15, -0.1) is 0 Å². The number of amides is 2. The van der Waals surface area contributed by atoms with Gasteiger partial charge in [-0.3, -0.25) is 14.5 Å². The van der Waals surface area contributed by atoms with Crippen molar-refractivity contribution >= 4 is 11.8 Å². The molecule has 2 heterocycles. The molecular weight excluding hydrogens is 427 g/mol. The zero-order valence-electron chi connectivity index (χ0n) is 18.5. The number of halogens is 1. The minimum absolute atomic E-state index is 0.133. The van der Waals surface area contributed by atoms with E-state index in [9.17, 15) is 14.0 Å². The second-order valence-corrected chi connectivity index (χ2v) is 9.04. The first-order valence-electron chi connectivity index (χ1n) is 11.3. The molecule has 2 aromatic carbocycles. The van der Waals surface area contributed by atoms with Crippen LogP contribution in [0, 0.1) is 11.7 Å². The van der Waals surface area contributed by atoms with Crippen LogP contribution in [0.1, 0.15) is 48.5 Å². The second kappa shape index (κ2) is 8.67. The van der Waals surface area contributed by atoms with Gasteiger partial charge in [-0.1, -0.05) is 13.0 Å². The summed E-state index contributed by atoms with van der Waals surface area (Å²) in [6.07, 6.45) is 3.18. The van der Waals surface area contributed by atoms with E-state index in [1.54, 1.807) is 4.90 Å². The van der Waals surface area contributed by atoms with Crippen molar-refractivity contribution in [3.8, 4) is 11.5 Å². The summed E-state index contributed by atoms with van der Waals surface area (Å²) in [7, 11) is 0. The lowest BCUT2D eigenvalue weighted by atomic mass is 9.83. The Hall–Kier alpha value is -3.13. The third kappa shape index (κ3) is 4.15. The van der Waals surface area contributed by atoms with E-state index < -0.39 is 17.6 Å². The van der Waals surface area contributed by atoms with Gasteiger partial charge in [0.1, 0.15) is 17.6 Å². The number of rotatable bonds is 4. The predicted molar refractivity (Wildman–Crippen MR) is 117 cm³/mol. The molecule has 33 heavy (non-hydrogen) atoms. The Bertz CT molecular complexity index is 1050. The Morgan fingerprint density at radius 1 is 1.09 bits per heavy atom. The molecule has 1 N–H and O–H groups in total. The first-order valence-corrected chi connectivity index (χ1v) is 11.3. The highest BCUT2D eigenvalue weighted by atomic mass is 19.1. The normalized spacial score (nSPS) is 25.9. The van der Waals surface area contributed by atoms with Crippen molar-refractivity contribution in [2.24, 2.45) is 5.92 Å².